The number of imide groups is 1. The van der Waals surface area contributed by atoms with Crippen LogP contribution in [0.1, 0.15) is 54.5 Å². The fourth-order valence-corrected chi connectivity index (χ4v) is 9.51. The number of nitrogens with one attached hydrogen (secondary N) is 2. The molecule has 300 valence electrons. The lowest BCUT2D eigenvalue weighted by atomic mass is 9.89. The van der Waals surface area contributed by atoms with Crippen LogP contribution in [0, 0.1) is 5.82 Å². The minimum absolute atomic E-state index is 0.0571. The molecule has 3 aliphatic rings. The van der Waals surface area contributed by atoms with Crippen molar-refractivity contribution in [3.8, 4) is 11.4 Å². The number of halogens is 1. The third-order valence-corrected chi connectivity index (χ3v) is 12.7. The van der Waals surface area contributed by atoms with Crippen molar-refractivity contribution < 1.29 is 32.6 Å². The number of anilines is 1. The highest BCUT2D eigenvalue weighted by Crippen LogP contribution is 2.51. The summed E-state index contributed by atoms with van der Waals surface area (Å²) in [6.07, 6.45) is 4.17. The molecule has 0 spiro atoms. The van der Waals surface area contributed by atoms with Crippen LogP contribution in [0.3, 0.4) is 0 Å². The Bertz CT molecular complexity index is 2670. The third kappa shape index (κ3) is 6.89. The number of ether oxygens (including phenoxy) is 1. The average Bonchev–Trinajstić information content (AvgIpc) is 3.86. The zero-order valence-electron chi connectivity index (χ0n) is 31.5. The molecule has 2 aromatic heterocycles. The molecule has 6 aromatic rings. The van der Waals surface area contributed by atoms with Gasteiger partial charge in [-0.1, -0.05) is 36.4 Å². The second-order valence-electron chi connectivity index (χ2n) is 15.0. The summed E-state index contributed by atoms with van der Waals surface area (Å²) >= 11 is 0. The number of carbonyl (C=O) groups excluding carboxylic acids is 3. The van der Waals surface area contributed by atoms with Crippen LogP contribution in [0.15, 0.2) is 89.9 Å². The molecule has 4 aromatic carbocycles. The van der Waals surface area contributed by atoms with Gasteiger partial charge in [-0.3, -0.25) is 42.8 Å². The van der Waals surface area contributed by atoms with Gasteiger partial charge < -0.3 is 4.74 Å². The van der Waals surface area contributed by atoms with Crippen molar-refractivity contribution in [3.63, 3.8) is 0 Å². The summed E-state index contributed by atoms with van der Waals surface area (Å²) in [5, 5.41) is 7.91. The molecule has 1 unspecified atom stereocenters. The zero-order valence-corrected chi connectivity index (χ0v) is 32.3. The fraction of sp³-hybridized carbons (Fsp3) is 0.293. The smallest absolute Gasteiger partial charge is 0.329 e. The zero-order chi connectivity index (χ0) is 40.3. The lowest BCUT2D eigenvalue weighted by Crippen LogP contribution is -2.44. The van der Waals surface area contributed by atoms with Gasteiger partial charge >= 0.3 is 5.69 Å². The first-order valence-corrected chi connectivity index (χ1v) is 20.6. The van der Waals surface area contributed by atoms with Gasteiger partial charge in [0.05, 0.1) is 22.4 Å². The van der Waals surface area contributed by atoms with Crippen LogP contribution in [0.5, 0.6) is 5.75 Å². The Morgan fingerprint density at radius 1 is 0.914 bits per heavy atom. The second-order valence-corrected chi connectivity index (χ2v) is 16.7. The maximum Gasteiger partial charge on any atom is 0.329 e. The molecule has 0 aliphatic carbocycles. The van der Waals surface area contributed by atoms with Crippen LogP contribution < -0.4 is 24.8 Å². The lowest BCUT2D eigenvalue weighted by molar-refractivity contribution is -0.135. The van der Waals surface area contributed by atoms with Crippen molar-refractivity contribution in [2.45, 2.75) is 50.8 Å². The van der Waals surface area contributed by atoms with Gasteiger partial charge in [-0.05, 0) is 108 Å². The van der Waals surface area contributed by atoms with Crippen LogP contribution in [0.2, 0.25) is 0 Å². The third-order valence-electron chi connectivity index (χ3n) is 11.3. The Balaban J connectivity index is 0.901. The summed E-state index contributed by atoms with van der Waals surface area (Å²) in [4.78, 5) is 52.1. The van der Waals surface area contributed by atoms with Crippen LogP contribution in [-0.4, -0.2) is 70.3 Å². The topological polar surface area (TPSA) is 176 Å². The van der Waals surface area contributed by atoms with E-state index in [1.165, 1.54) is 4.57 Å². The van der Waals surface area contributed by atoms with Crippen LogP contribution in [-0.2, 0) is 34.6 Å². The number of piperidine rings is 2. The molecule has 3 amide bonds. The number of aryl methyl sites for hydroxylation is 1. The monoisotopic (exact) mass is 808 g/mol. The number of aromatic nitrogens is 4. The summed E-state index contributed by atoms with van der Waals surface area (Å²) in [6, 6.07) is 23.3. The number of carbonyl (C=O) groups is 3. The maximum absolute atomic E-state index is 16.4. The minimum Gasteiger partial charge on any atom is -0.487 e. The van der Waals surface area contributed by atoms with Crippen LogP contribution in [0.4, 0.5) is 10.1 Å². The predicted octanol–water partition coefficient (Wildman–Crippen LogP) is 5.27. The number of nitrogens with zero attached hydrogens (tertiary/aromatic N) is 6. The van der Waals surface area contributed by atoms with E-state index in [0.717, 1.165) is 52.6 Å². The van der Waals surface area contributed by atoms with E-state index in [0.29, 0.717) is 35.5 Å². The van der Waals surface area contributed by atoms with E-state index in [1.807, 2.05) is 60.8 Å². The van der Waals surface area contributed by atoms with Crippen molar-refractivity contribution in [3.05, 3.63) is 118 Å². The van der Waals surface area contributed by atoms with Crippen molar-refractivity contribution >= 4 is 56.2 Å². The fourth-order valence-electron chi connectivity index (χ4n) is 8.31. The first-order chi connectivity index (χ1) is 27.9. The quantitative estimate of drug-likeness (QED) is 0.141. The molecule has 17 heteroatoms. The molecule has 3 saturated heterocycles. The molecule has 5 heterocycles. The summed E-state index contributed by atoms with van der Waals surface area (Å²) in [5.74, 6) is -1.81. The molecule has 0 bridgehead atoms. The number of benzene rings is 4. The van der Waals surface area contributed by atoms with Gasteiger partial charge in [-0.25, -0.2) is 22.9 Å². The Kier molecular flexibility index (Phi) is 9.54. The number of hydrogen-bond donors (Lipinski definition) is 4. The van der Waals surface area contributed by atoms with E-state index in [4.69, 9.17) is 9.84 Å². The summed E-state index contributed by atoms with van der Waals surface area (Å²) in [5.41, 5.74) is 4.46. The van der Waals surface area contributed by atoms with Crippen molar-refractivity contribution in [2.24, 2.45) is 7.05 Å². The van der Waals surface area contributed by atoms with E-state index in [2.05, 4.69) is 14.9 Å². The van der Waals surface area contributed by atoms with Crippen LogP contribution >= 0.6 is 11.0 Å². The number of amides is 3. The Hall–Kier alpha value is -6.01. The Morgan fingerprint density at radius 3 is 2.45 bits per heavy atom. The van der Waals surface area contributed by atoms with Gasteiger partial charge in [-0.15, -0.1) is 0 Å². The summed E-state index contributed by atoms with van der Waals surface area (Å²) < 4.78 is 51.6. The second kappa shape index (κ2) is 14.7. The molecule has 58 heavy (non-hydrogen) atoms. The van der Waals surface area contributed by atoms with Gasteiger partial charge in [-0.2, -0.15) is 5.10 Å². The standard InChI is InChI=1S/C41H41FN8O7S/c1-46-34-20-27(7-10-32(34)50(41(46)54)33-11-12-36(51)43-40(33)53)26-13-16-47(17-14-26)22-29-15-18-48(44-29)30-8-9-31-28(19-30)21-35(57-24-25-5-3-2-4-6-25)39(38(31)42)49-23-37(52)45-58(49,55)56/h2-10,15,18-21,26,33,55-56H,11-14,16-17,22-24H2,1H3,(H,45,52)(H,43,51,53). The predicted molar refractivity (Wildman–Crippen MR) is 216 cm³/mol. The first kappa shape index (κ1) is 37.6. The van der Waals surface area contributed by atoms with E-state index >= 15 is 4.39 Å². The van der Waals surface area contributed by atoms with Gasteiger partial charge in [0, 0.05) is 31.6 Å². The number of hydrogen-bond acceptors (Lipinski definition) is 10. The van der Waals surface area contributed by atoms with E-state index in [1.54, 1.807) is 40.6 Å². The Morgan fingerprint density at radius 2 is 1.71 bits per heavy atom. The van der Waals surface area contributed by atoms with Gasteiger partial charge in [0.15, 0.2) is 5.82 Å². The van der Waals surface area contributed by atoms with E-state index in [-0.39, 0.29) is 41.4 Å². The molecule has 4 N–H and O–H groups in total. The minimum atomic E-state index is -3.82. The SMILES string of the molecule is Cn1c(=O)n(C2CCC(=O)NC2=O)c2ccc(C3CCN(Cc4ccn(-c5ccc6c(F)c(N7CC(=O)NS7(O)O)c(OCc7ccccc7)cc6c5)n4)CC3)cc21. The number of rotatable bonds is 9. The van der Waals surface area contributed by atoms with Gasteiger partial charge in [0.2, 0.25) is 11.8 Å². The number of fused-ring (bicyclic) bond motifs is 2. The molecule has 1 atom stereocenters. The molecule has 9 rings (SSSR count). The highest BCUT2D eigenvalue weighted by Gasteiger charge is 2.39. The molecule has 15 nitrogen and oxygen atoms in total. The van der Waals surface area contributed by atoms with Gasteiger partial charge in [0.25, 0.3) is 5.91 Å². The van der Waals surface area contributed by atoms with Gasteiger partial charge in [0.1, 0.15) is 30.6 Å². The largest absolute Gasteiger partial charge is 0.487 e. The average molecular weight is 809 g/mol. The van der Waals surface area contributed by atoms with Crippen molar-refractivity contribution in [2.75, 3.05) is 23.9 Å². The lowest BCUT2D eigenvalue weighted by Gasteiger charge is -2.37. The Labute approximate surface area is 333 Å². The van der Waals surface area contributed by atoms with Crippen molar-refractivity contribution in [1.29, 1.82) is 0 Å². The molecular formula is C41H41FN8O7S. The molecule has 0 radical (unpaired) electrons. The summed E-state index contributed by atoms with van der Waals surface area (Å²) in [7, 11) is -2.11. The first-order valence-electron chi connectivity index (χ1n) is 19.0. The van der Waals surface area contributed by atoms with E-state index in [9.17, 15) is 28.3 Å². The maximum atomic E-state index is 16.4. The number of imidazole rings is 1. The number of likely N-dealkylation sites (tertiary alicyclic amines) is 1. The normalized spacial score (nSPS) is 19.5. The highest BCUT2D eigenvalue weighted by atomic mass is 32.3. The molecule has 0 saturated carbocycles. The highest BCUT2D eigenvalue weighted by molar-refractivity contribution is 8.24. The molecule has 3 fully saturated rings. The molecule has 3 aliphatic heterocycles. The van der Waals surface area contributed by atoms with E-state index < -0.39 is 41.2 Å². The molecular weight excluding hydrogens is 768 g/mol. The summed E-state index contributed by atoms with van der Waals surface area (Å²) in [6.45, 7) is 1.97. The van der Waals surface area contributed by atoms with Crippen LogP contribution in [0.25, 0.3) is 27.5 Å². The van der Waals surface area contributed by atoms with Crippen molar-refractivity contribution in [1.82, 2.24) is 33.9 Å².